The maximum absolute atomic E-state index is 11.9. The number of sulfonamides is 1. The van der Waals surface area contributed by atoms with Crippen molar-refractivity contribution in [2.75, 3.05) is 0 Å². The van der Waals surface area contributed by atoms with E-state index in [0.717, 1.165) is 11.1 Å². The van der Waals surface area contributed by atoms with Gasteiger partial charge in [0.05, 0.1) is 4.90 Å². The number of hydrogen-bond donors (Lipinski definition) is 2. The first-order valence-corrected chi connectivity index (χ1v) is 7.79. The molecule has 0 unspecified atom stereocenters. The smallest absolute Gasteiger partial charge is 0.287 e. The van der Waals surface area contributed by atoms with Gasteiger partial charge < -0.3 is 9.73 Å². The van der Waals surface area contributed by atoms with Crippen molar-refractivity contribution in [1.82, 2.24) is 5.32 Å². The van der Waals surface area contributed by atoms with Crippen molar-refractivity contribution in [2.45, 2.75) is 25.3 Å². The van der Waals surface area contributed by atoms with Crippen molar-refractivity contribution in [1.29, 1.82) is 0 Å². The van der Waals surface area contributed by atoms with Crippen LogP contribution in [-0.4, -0.2) is 14.3 Å². The van der Waals surface area contributed by atoms with Crippen LogP contribution in [0.2, 0.25) is 0 Å². The molecule has 0 saturated heterocycles. The van der Waals surface area contributed by atoms with E-state index in [2.05, 4.69) is 5.32 Å². The first-order chi connectivity index (χ1) is 9.77. The number of aryl methyl sites for hydroxylation is 2. The molecule has 0 radical (unpaired) electrons. The third-order valence-corrected chi connectivity index (χ3v) is 4.02. The van der Waals surface area contributed by atoms with E-state index in [1.54, 1.807) is 25.1 Å². The summed E-state index contributed by atoms with van der Waals surface area (Å²) in [6, 6.07) is 7.67. The molecule has 112 valence electrons. The zero-order chi connectivity index (χ0) is 15.6. The van der Waals surface area contributed by atoms with Gasteiger partial charge in [-0.1, -0.05) is 12.1 Å². The molecule has 0 bridgehead atoms. The second kappa shape index (κ2) is 5.71. The Morgan fingerprint density at radius 3 is 2.33 bits per heavy atom. The highest BCUT2D eigenvalue weighted by atomic mass is 32.2. The largest absolute Gasteiger partial charge is 0.456 e. The van der Waals surface area contributed by atoms with E-state index in [0.29, 0.717) is 5.76 Å². The lowest BCUT2D eigenvalue weighted by Crippen LogP contribution is -2.22. The number of hydrogen-bond acceptors (Lipinski definition) is 4. The van der Waals surface area contributed by atoms with Crippen molar-refractivity contribution in [3.05, 3.63) is 53.0 Å². The molecule has 0 spiro atoms. The van der Waals surface area contributed by atoms with Gasteiger partial charge >= 0.3 is 0 Å². The molecule has 21 heavy (non-hydrogen) atoms. The Bertz CT molecular complexity index is 741. The van der Waals surface area contributed by atoms with Crippen molar-refractivity contribution in [3.63, 3.8) is 0 Å². The average Bonchev–Trinajstić information content (AvgIpc) is 2.75. The number of benzene rings is 1. The van der Waals surface area contributed by atoms with Crippen LogP contribution < -0.4 is 10.5 Å². The molecule has 1 heterocycles. The Hall–Kier alpha value is -2.12. The van der Waals surface area contributed by atoms with Crippen LogP contribution in [0.25, 0.3) is 0 Å². The molecule has 2 rings (SSSR count). The van der Waals surface area contributed by atoms with Crippen molar-refractivity contribution < 1.29 is 17.6 Å². The molecule has 2 aromatic rings. The summed E-state index contributed by atoms with van der Waals surface area (Å²) in [5.74, 6) is 0.644. The van der Waals surface area contributed by atoms with Gasteiger partial charge in [-0.15, -0.1) is 0 Å². The SMILES string of the molecule is Cc1cc(C(=O)NCc2ccc(S(N)(=O)=O)cc2)oc1C. The summed E-state index contributed by atoms with van der Waals surface area (Å²) in [7, 11) is -3.70. The van der Waals surface area contributed by atoms with Crippen LogP contribution in [0.5, 0.6) is 0 Å². The highest BCUT2D eigenvalue weighted by Gasteiger charge is 2.12. The zero-order valence-electron chi connectivity index (χ0n) is 11.7. The third-order valence-electron chi connectivity index (χ3n) is 3.09. The van der Waals surface area contributed by atoms with Gasteiger partial charge in [-0.05, 0) is 43.2 Å². The lowest BCUT2D eigenvalue weighted by atomic mass is 10.2. The van der Waals surface area contributed by atoms with E-state index < -0.39 is 10.0 Å². The first-order valence-electron chi connectivity index (χ1n) is 6.24. The maximum atomic E-state index is 11.9. The molecule has 0 saturated carbocycles. The monoisotopic (exact) mass is 308 g/mol. The van der Waals surface area contributed by atoms with E-state index in [4.69, 9.17) is 9.56 Å². The van der Waals surface area contributed by atoms with Gasteiger partial charge in [0.25, 0.3) is 5.91 Å². The second-order valence-corrected chi connectivity index (χ2v) is 6.28. The Kier molecular flexibility index (Phi) is 4.15. The number of carbonyl (C=O) groups is 1. The number of primary sulfonamides is 1. The molecule has 0 aliphatic carbocycles. The van der Waals surface area contributed by atoms with Gasteiger partial charge in [0.2, 0.25) is 10.0 Å². The highest BCUT2D eigenvalue weighted by molar-refractivity contribution is 7.89. The molecule has 1 aromatic carbocycles. The lowest BCUT2D eigenvalue weighted by Gasteiger charge is -2.04. The van der Waals surface area contributed by atoms with E-state index in [-0.39, 0.29) is 23.1 Å². The molecule has 7 heteroatoms. The number of furan rings is 1. The fourth-order valence-electron chi connectivity index (χ4n) is 1.75. The summed E-state index contributed by atoms with van der Waals surface area (Å²) in [6.07, 6.45) is 0. The fraction of sp³-hybridized carbons (Fsp3) is 0.214. The summed E-state index contributed by atoms with van der Waals surface area (Å²) in [5, 5.41) is 7.71. The topological polar surface area (TPSA) is 102 Å². The van der Waals surface area contributed by atoms with E-state index in [9.17, 15) is 13.2 Å². The Labute approximate surface area is 123 Å². The number of nitrogens with two attached hydrogens (primary N) is 1. The summed E-state index contributed by atoms with van der Waals surface area (Å²) >= 11 is 0. The van der Waals surface area contributed by atoms with E-state index >= 15 is 0 Å². The van der Waals surface area contributed by atoms with Gasteiger partial charge in [0.15, 0.2) is 5.76 Å². The van der Waals surface area contributed by atoms with Gasteiger partial charge in [-0.2, -0.15) is 0 Å². The summed E-state index contributed by atoms with van der Waals surface area (Å²) in [4.78, 5) is 11.9. The summed E-state index contributed by atoms with van der Waals surface area (Å²) < 4.78 is 27.6. The summed E-state index contributed by atoms with van der Waals surface area (Å²) in [5.41, 5.74) is 1.67. The van der Waals surface area contributed by atoms with Crippen LogP contribution in [0.3, 0.4) is 0 Å². The van der Waals surface area contributed by atoms with Gasteiger partial charge in [-0.3, -0.25) is 4.79 Å². The molecule has 0 aliphatic heterocycles. The van der Waals surface area contributed by atoms with Gasteiger partial charge in [0, 0.05) is 6.54 Å². The number of carbonyl (C=O) groups excluding carboxylic acids is 1. The van der Waals surface area contributed by atoms with Crippen molar-refractivity contribution in [3.8, 4) is 0 Å². The minimum atomic E-state index is -3.70. The minimum Gasteiger partial charge on any atom is -0.456 e. The molecule has 0 atom stereocenters. The number of nitrogens with one attached hydrogen (secondary N) is 1. The third kappa shape index (κ3) is 3.71. The fourth-order valence-corrected chi connectivity index (χ4v) is 2.27. The predicted molar refractivity (Wildman–Crippen MR) is 77.2 cm³/mol. The van der Waals surface area contributed by atoms with E-state index in [1.807, 2.05) is 6.92 Å². The number of amides is 1. The Morgan fingerprint density at radius 1 is 1.24 bits per heavy atom. The van der Waals surface area contributed by atoms with Crippen molar-refractivity contribution in [2.24, 2.45) is 5.14 Å². The normalized spacial score (nSPS) is 11.4. The minimum absolute atomic E-state index is 0.0369. The van der Waals surface area contributed by atoms with E-state index in [1.165, 1.54) is 12.1 Å². The standard InChI is InChI=1S/C14H16N2O4S/c1-9-7-13(20-10(9)2)14(17)16-8-11-3-5-12(6-4-11)21(15,18)19/h3-7H,8H2,1-2H3,(H,16,17)(H2,15,18,19). The maximum Gasteiger partial charge on any atom is 0.287 e. The zero-order valence-corrected chi connectivity index (χ0v) is 12.5. The van der Waals surface area contributed by atoms with Crippen molar-refractivity contribution >= 4 is 15.9 Å². The van der Waals surface area contributed by atoms with Gasteiger partial charge in [-0.25, -0.2) is 13.6 Å². The van der Waals surface area contributed by atoms with Crippen LogP contribution in [0, 0.1) is 13.8 Å². The molecule has 0 fully saturated rings. The van der Waals surface area contributed by atoms with Crippen LogP contribution in [0.4, 0.5) is 0 Å². The Balaban J connectivity index is 2.01. The summed E-state index contributed by atoms with van der Waals surface area (Å²) in [6.45, 7) is 3.92. The quantitative estimate of drug-likeness (QED) is 0.892. The molecular formula is C14H16N2O4S. The van der Waals surface area contributed by atoms with Crippen LogP contribution in [0.1, 0.15) is 27.4 Å². The molecule has 1 amide bonds. The van der Waals surface area contributed by atoms with Gasteiger partial charge in [0.1, 0.15) is 5.76 Å². The van der Waals surface area contributed by atoms with Crippen LogP contribution in [0.15, 0.2) is 39.6 Å². The predicted octanol–water partition coefficient (Wildman–Crippen LogP) is 1.47. The second-order valence-electron chi connectivity index (χ2n) is 4.72. The molecule has 1 aromatic heterocycles. The highest BCUT2D eigenvalue weighted by Crippen LogP contribution is 2.13. The first kappa shape index (κ1) is 15.3. The molecule has 6 nitrogen and oxygen atoms in total. The molecule has 0 aliphatic rings. The average molecular weight is 308 g/mol. The lowest BCUT2D eigenvalue weighted by molar-refractivity contribution is 0.0922. The molecule has 3 N–H and O–H groups in total. The molecular weight excluding hydrogens is 292 g/mol. The van der Waals surface area contributed by atoms with Crippen LogP contribution in [-0.2, 0) is 16.6 Å². The Morgan fingerprint density at radius 2 is 1.86 bits per heavy atom. The number of rotatable bonds is 4. The van der Waals surface area contributed by atoms with Crippen LogP contribution >= 0.6 is 0 Å².